The Morgan fingerprint density at radius 3 is 2.89 bits per heavy atom. The molecule has 0 bridgehead atoms. The van der Waals surface area contributed by atoms with Crippen LogP contribution >= 0.6 is 15.9 Å². The fraction of sp³-hybridized carbons (Fsp3) is 0.143. The molecule has 3 rings (SSSR count). The van der Waals surface area contributed by atoms with Crippen molar-refractivity contribution in [3.63, 3.8) is 0 Å². The van der Waals surface area contributed by atoms with Gasteiger partial charge in [-0.1, -0.05) is 34.1 Å². The number of imidazole rings is 1. The third-order valence-corrected chi connectivity index (χ3v) is 3.82. The summed E-state index contributed by atoms with van der Waals surface area (Å²) < 4.78 is 3.08. The highest BCUT2D eigenvalue weighted by Crippen LogP contribution is 2.21. The van der Waals surface area contributed by atoms with Gasteiger partial charge in [-0.05, 0) is 17.7 Å². The standard InChI is InChI=1S/C14H13BrN4/c1-19-9-18-13-12(19)6-7-16-14(13)17-8-10-4-2-3-5-11(10)15/h2-7,9H,8H2,1H3,(H,16,17). The molecule has 0 amide bonds. The fourth-order valence-electron chi connectivity index (χ4n) is 2.01. The smallest absolute Gasteiger partial charge is 0.154 e. The second-order valence-corrected chi connectivity index (χ2v) is 5.18. The van der Waals surface area contributed by atoms with Crippen LogP contribution in [0.1, 0.15) is 5.56 Å². The van der Waals surface area contributed by atoms with Crippen LogP contribution in [0.15, 0.2) is 47.3 Å². The van der Waals surface area contributed by atoms with E-state index in [0.29, 0.717) is 6.54 Å². The van der Waals surface area contributed by atoms with E-state index in [2.05, 4.69) is 37.3 Å². The van der Waals surface area contributed by atoms with Gasteiger partial charge in [0.25, 0.3) is 0 Å². The Morgan fingerprint density at radius 2 is 2.05 bits per heavy atom. The maximum absolute atomic E-state index is 4.38. The van der Waals surface area contributed by atoms with Gasteiger partial charge in [-0.25, -0.2) is 9.97 Å². The molecule has 2 aromatic heterocycles. The van der Waals surface area contributed by atoms with Crippen LogP contribution in [-0.4, -0.2) is 14.5 Å². The van der Waals surface area contributed by atoms with E-state index >= 15 is 0 Å². The van der Waals surface area contributed by atoms with Crippen molar-refractivity contribution >= 4 is 32.8 Å². The zero-order chi connectivity index (χ0) is 13.2. The molecular weight excluding hydrogens is 304 g/mol. The highest BCUT2D eigenvalue weighted by atomic mass is 79.9. The topological polar surface area (TPSA) is 42.7 Å². The third kappa shape index (κ3) is 2.33. The van der Waals surface area contributed by atoms with Gasteiger partial charge in [0.05, 0.1) is 11.8 Å². The Kier molecular flexibility index (Phi) is 3.21. The predicted octanol–water partition coefficient (Wildman–Crippen LogP) is 3.34. The number of rotatable bonds is 3. The number of hydrogen-bond donors (Lipinski definition) is 1. The summed E-state index contributed by atoms with van der Waals surface area (Å²) in [5.74, 6) is 0.814. The first-order valence-corrected chi connectivity index (χ1v) is 6.78. The number of nitrogens with zero attached hydrogens (tertiary/aromatic N) is 3. The molecule has 19 heavy (non-hydrogen) atoms. The van der Waals surface area contributed by atoms with Gasteiger partial charge in [0.2, 0.25) is 0 Å². The van der Waals surface area contributed by atoms with Crippen molar-refractivity contribution in [2.45, 2.75) is 6.54 Å². The minimum absolute atomic E-state index is 0.712. The van der Waals surface area contributed by atoms with Gasteiger partial charge in [-0.3, -0.25) is 0 Å². The lowest BCUT2D eigenvalue weighted by molar-refractivity contribution is 0.947. The highest BCUT2D eigenvalue weighted by molar-refractivity contribution is 9.10. The average molecular weight is 317 g/mol. The van der Waals surface area contributed by atoms with Crippen LogP contribution in [0.2, 0.25) is 0 Å². The molecule has 3 aromatic rings. The number of anilines is 1. The molecule has 0 spiro atoms. The van der Waals surface area contributed by atoms with Gasteiger partial charge in [0, 0.05) is 24.3 Å². The van der Waals surface area contributed by atoms with Crippen LogP contribution in [0, 0.1) is 0 Å². The summed E-state index contributed by atoms with van der Waals surface area (Å²) in [6, 6.07) is 10.1. The van der Waals surface area contributed by atoms with Crippen LogP contribution in [0.25, 0.3) is 11.0 Å². The molecule has 0 fully saturated rings. The monoisotopic (exact) mass is 316 g/mol. The Hall–Kier alpha value is -1.88. The van der Waals surface area contributed by atoms with Gasteiger partial charge in [0.15, 0.2) is 5.82 Å². The van der Waals surface area contributed by atoms with Gasteiger partial charge in [-0.15, -0.1) is 0 Å². The number of pyridine rings is 1. The highest BCUT2D eigenvalue weighted by Gasteiger charge is 2.07. The summed E-state index contributed by atoms with van der Waals surface area (Å²) in [5, 5.41) is 3.34. The van der Waals surface area contributed by atoms with E-state index in [1.165, 1.54) is 5.56 Å². The van der Waals surface area contributed by atoms with Crippen LogP contribution in [0.4, 0.5) is 5.82 Å². The normalized spacial score (nSPS) is 10.8. The van der Waals surface area contributed by atoms with E-state index in [0.717, 1.165) is 21.3 Å². The number of aromatic nitrogens is 3. The van der Waals surface area contributed by atoms with Crippen molar-refractivity contribution in [2.24, 2.45) is 7.05 Å². The van der Waals surface area contributed by atoms with E-state index < -0.39 is 0 Å². The van der Waals surface area contributed by atoms with Crippen LogP contribution in [0.5, 0.6) is 0 Å². The predicted molar refractivity (Wildman–Crippen MR) is 80.0 cm³/mol. The third-order valence-electron chi connectivity index (χ3n) is 3.05. The SMILES string of the molecule is Cn1cnc2c(NCc3ccccc3Br)nccc21. The van der Waals surface area contributed by atoms with E-state index in [9.17, 15) is 0 Å². The summed E-state index contributed by atoms with van der Waals surface area (Å²) in [4.78, 5) is 8.74. The minimum atomic E-state index is 0.712. The van der Waals surface area contributed by atoms with Crippen LogP contribution in [0.3, 0.4) is 0 Å². The molecule has 4 nitrogen and oxygen atoms in total. The average Bonchev–Trinajstić information content (AvgIpc) is 2.81. The maximum atomic E-state index is 4.38. The van der Waals surface area contributed by atoms with Gasteiger partial charge in [-0.2, -0.15) is 0 Å². The van der Waals surface area contributed by atoms with E-state index in [1.54, 1.807) is 12.5 Å². The first kappa shape index (κ1) is 12.2. The summed E-state index contributed by atoms with van der Waals surface area (Å²) in [7, 11) is 1.98. The molecule has 96 valence electrons. The van der Waals surface area contributed by atoms with Gasteiger partial charge >= 0.3 is 0 Å². The quantitative estimate of drug-likeness (QED) is 0.805. The Labute approximate surface area is 119 Å². The van der Waals surface area contributed by atoms with Gasteiger partial charge in [0.1, 0.15) is 5.52 Å². The molecule has 5 heteroatoms. The van der Waals surface area contributed by atoms with Crippen molar-refractivity contribution in [2.75, 3.05) is 5.32 Å². The summed E-state index contributed by atoms with van der Waals surface area (Å²) >= 11 is 3.54. The minimum Gasteiger partial charge on any atom is -0.364 e. The molecule has 0 aliphatic carbocycles. The lowest BCUT2D eigenvalue weighted by Crippen LogP contribution is -2.02. The number of halogens is 1. The van der Waals surface area contributed by atoms with E-state index in [4.69, 9.17) is 0 Å². The number of benzene rings is 1. The number of nitrogens with one attached hydrogen (secondary N) is 1. The van der Waals surface area contributed by atoms with E-state index in [-0.39, 0.29) is 0 Å². The van der Waals surface area contributed by atoms with Gasteiger partial charge < -0.3 is 9.88 Å². The number of fused-ring (bicyclic) bond motifs is 1. The second-order valence-electron chi connectivity index (χ2n) is 4.33. The Balaban J connectivity index is 1.88. The lowest BCUT2D eigenvalue weighted by atomic mass is 10.2. The molecule has 0 saturated heterocycles. The second kappa shape index (κ2) is 5.01. The number of hydrogen-bond acceptors (Lipinski definition) is 3. The molecule has 2 heterocycles. The van der Waals surface area contributed by atoms with Crippen LogP contribution in [-0.2, 0) is 13.6 Å². The molecule has 0 aliphatic rings. The van der Waals surface area contributed by atoms with Crippen molar-refractivity contribution in [1.29, 1.82) is 0 Å². The fourth-order valence-corrected chi connectivity index (χ4v) is 2.44. The molecule has 1 aromatic carbocycles. The summed E-state index contributed by atoms with van der Waals surface area (Å²) in [6.45, 7) is 0.712. The lowest BCUT2D eigenvalue weighted by Gasteiger charge is -2.08. The van der Waals surface area contributed by atoms with Crippen molar-refractivity contribution < 1.29 is 0 Å². The molecule has 0 saturated carbocycles. The first-order valence-electron chi connectivity index (χ1n) is 5.99. The Morgan fingerprint density at radius 1 is 1.21 bits per heavy atom. The molecule has 1 N–H and O–H groups in total. The summed E-state index contributed by atoms with van der Waals surface area (Å²) in [6.07, 6.45) is 3.60. The molecule has 0 aliphatic heterocycles. The maximum Gasteiger partial charge on any atom is 0.154 e. The van der Waals surface area contributed by atoms with Crippen molar-refractivity contribution in [3.05, 3.63) is 52.9 Å². The Bertz CT molecular complexity index is 720. The molecular formula is C14H13BrN4. The zero-order valence-corrected chi connectivity index (χ0v) is 12.1. The summed E-state index contributed by atoms with van der Waals surface area (Å²) in [5.41, 5.74) is 3.17. The van der Waals surface area contributed by atoms with Crippen LogP contribution < -0.4 is 5.32 Å². The molecule has 0 radical (unpaired) electrons. The zero-order valence-electron chi connectivity index (χ0n) is 10.5. The van der Waals surface area contributed by atoms with Crippen molar-refractivity contribution in [1.82, 2.24) is 14.5 Å². The molecule has 0 unspecified atom stereocenters. The largest absolute Gasteiger partial charge is 0.364 e. The first-order chi connectivity index (χ1) is 9.25. The molecule has 0 atom stereocenters. The van der Waals surface area contributed by atoms with Crippen molar-refractivity contribution in [3.8, 4) is 0 Å². The van der Waals surface area contributed by atoms with E-state index in [1.807, 2.05) is 35.9 Å². The number of aryl methyl sites for hydroxylation is 1.